The third-order valence-electron chi connectivity index (χ3n) is 2.34. The quantitative estimate of drug-likeness (QED) is 0.640. The summed E-state index contributed by atoms with van der Waals surface area (Å²) < 4.78 is 44.2. The van der Waals surface area contributed by atoms with Crippen LogP contribution in [0.5, 0.6) is 5.75 Å². The van der Waals surface area contributed by atoms with Gasteiger partial charge in [-0.2, -0.15) is 0 Å². The van der Waals surface area contributed by atoms with E-state index in [0.717, 1.165) is 12.1 Å². The van der Waals surface area contributed by atoms with Gasteiger partial charge in [-0.3, -0.25) is 4.79 Å². The van der Waals surface area contributed by atoms with Crippen LogP contribution < -0.4 is 16.3 Å². The first-order valence-corrected chi connectivity index (χ1v) is 7.23. The van der Waals surface area contributed by atoms with Crippen LogP contribution in [0.3, 0.4) is 0 Å². The zero-order valence-electron chi connectivity index (χ0n) is 9.35. The summed E-state index contributed by atoms with van der Waals surface area (Å²) in [4.78, 5) is 10.6. The number of carboxylic acids is 1. The van der Waals surface area contributed by atoms with E-state index in [0.29, 0.717) is 0 Å². The molecule has 0 saturated heterocycles. The summed E-state index contributed by atoms with van der Waals surface area (Å²) >= 11 is 0. The van der Waals surface area contributed by atoms with Crippen LogP contribution in [0, 0.1) is 0 Å². The van der Waals surface area contributed by atoms with Gasteiger partial charge in [0.2, 0.25) is 0 Å². The Bertz CT molecular complexity index is 647. The predicted octanol–water partition coefficient (Wildman–Crippen LogP) is -0.0570. The Hall–Kier alpha value is -1.75. The molecule has 19 heavy (non-hydrogen) atoms. The van der Waals surface area contributed by atoms with Gasteiger partial charge in [0.05, 0.1) is 5.30 Å². The highest BCUT2D eigenvalue weighted by molar-refractivity contribution is 7.48. The van der Waals surface area contributed by atoms with Crippen LogP contribution in [0.2, 0.25) is 0 Å². The van der Waals surface area contributed by atoms with E-state index < -0.39 is 43.7 Å². The highest BCUT2D eigenvalue weighted by Crippen LogP contribution is 2.21. The fraction of sp³-hybridized carbons (Fsp3) is 0.222. The van der Waals surface area contributed by atoms with E-state index in [4.69, 9.17) is 10.8 Å². The van der Waals surface area contributed by atoms with Crippen LogP contribution in [0.15, 0.2) is 12.1 Å². The molecule has 4 N–H and O–H groups in total. The van der Waals surface area contributed by atoms with Gasteiger partial charge in [0, 0.05) is 0 Å². The molecule has 0 aliphatic heterocycles. The monoisotopic (exact) mass is 305 g/mol. The number of phenols is 1. The van der Waals surface area contributed by atoms with Crippen molar-refractivity contribution in [2.45, 2.75) is 12.5 Å². The van der Waals surface area contributed by atoms with E-state index in [1.807, 2.05) is 0 Å². The van der Waals surface area contributed by atoms with Crippen molar-refractivity contribution >= 4 is 31.9 Å². The highest BCUT2D eigenvalue weighted by atomic mass is 31.1. The Kier molecular flexibility index (Phi) is 4.78. The average Bonchev–Trinajstić information content (AvgIpc) is 2.29. The van der Waals surface area contributed by atoms with Crippen LogP contribution in [-0.2, 0) is 29.5 Å². The van der Waals surface area contributed by atoms with Gasteiger partial charge in [-0.15, -0.1) is 0 Å². The zero-order chi connectivity index (χ0) is 14.7. The van der Waals surface area contributed by atoms with E-state index in [2.05, 4.69) is 0 Å². The Morgan fingerprint density at radius 3 is 2.11 bits per heavy atom. The second-order valence-electron chi connectivity index (χ2n) is 3.60. The van der Waals surface area contributed by atoms with Crippen molar-refractivity contribution in [2.75, 3.05) is 0 Å². The van der Waals surface area contributed by atoms with Crippen molar-refractivity contribution in [3.8, 4) is 5.75 Å². The lowest BCUT2D eigenvalue weighted by Crippen LogP contribution is -2.34. The molecule has 0 heterocycles. The Balaban J connectivity index is 3.49. The minimum absolute atomic E-state index is 0.0713. The van der Waals surface area contributed by atoms with Gasteiger partial charge in [-0.25, -0.2) is 18.3 Å². The lowest BCUT2D eigenvalue weighted by atomic mass is 10.1. The summed E-state index contributed by atoms with van der Waals surface area (Å²) in [6.45, 7) is 0. The summed E-state index contributed by atoms with van der Waals surface area (Å²) in [5.41, 5.74) is 5.20. The van der Waals surface area contributed by atoms with Crippen molar-refractivity contribution in [3.05, 3.63) is 17.7 Å². The van der Waals surface area contributed by atoms with Crippen molar-refractivity contribution < 1.29 is 33.3 Å². The maximum atomic E-state index is 11.1. The first kappa shape index (κ1) is 15.3. The van der Waals surface area contributed by atoms with Crippen molar-refractivity contribution in [3.63, 3.8) is 0 Å². The van der Waals surface area contributed by atoms with E-state index in [9.17, 15) is 28.2 Å². The summed E-state index contributed by atoms with van der Waals surface area (Å²) in [6.07, 6.45) is -0.371. The van der Waals surface area contributed by atoms with Gasteiger partial charge in [0.1, 0.15) is 17.1 Å². The number of carboxylic acid groups (broad SMARTS) is 1. The molecule has 0 fully saturated rings. The molecule has 0 amide bonds. The number of aromatic hydroxyl groups is 1. The first-order chi connectivity index (χ1) is 8.75. The Morgan fingerprint density at radius 1 is 1.16 bits per heavy atom. The van der Waals surface area contributed by atoms with Crippen LogP contribution >= 0.6 is 15.4 Å². The van der Waals surface area contributed by atoms with Gasteiger partial charge in [-0.05, 0) is 18.1 Å². The van der Waals surface area contributed by atoms with Crippen molar-refractivity contribution in [1.82, 2.24) is 0 Å². The van der Waals surface area contributed by atoms with Gasteiger partial charge in [0.15, 0.2) is 0 Å². The standard InChI is InChI=1S/C9H9NO7P2/c10-5(9(12)13)3-4-1-2-6(11)8(19(16)17)7(4)18(14)15/h1-2,5,11H,3,10H2,(H,12,13). The smallest absolute Gasteiger partial charge is 0.353 e. The second-order valence-corrected chi connectivity index (χ2v) is 5.53. The minimum atomic E-state index is -3.35. The van der Waals surface area contributed by atoms with E-state index in [1.54, 1.807) is 0 Å². The Labute approximate surface area is 107 Å². The minimum Gasteiger partial charge on any atom is -0.507 e. The predicted molar refractivity (Wildman–Crippen MR) is 63.3 cm³/mol. The molecular weight excluding hydrogens is 296 g/mol. The topological polar surface area (TPSA) is 152 Å². The lowest BCUT2D eigenvalue weighted by Gasteiger charge is -2.09. The van der Waals surface area contributed by atoms with Crippen molar-refractivity contribution in [2.24, 2.45) is 5.73 Å². The number of rotatable bonds is 5. The molecule has 0 bridgehead atoms. The van der Waals surface area contributed by atoms with Crippen LogP contribution in [-0.4, -0.2) is 22.2 Å². The molecule has 0 saturated carbocycles. The number of benzene rings is 1. The van der Waals surface area contributed by atoms with Crippen molar-refractivity contribution in [1.29, 1.82) is 0 Å². The SMILES string of the molecule is NC(Cc1ccc(O)c(P(=O)=O)c1P(=O)=O)C(=O)O. The molecule has 8 nitrogen and oxygen atoms in total. The molecule has 1 aromatic carbocycles. The number of carbonyl (C=O) groups is 1. The zero-order valence-corrected chi connectivity index (χ0v) is 11.1. The molecule has 1 unspecified atom stereocenters. The third kappa shape index (κ3) is 3.38. The largest absolute Gasteiger partial charge is 0.507 e. The summed E-state index contributed by atoms with van der Waals surface area (Å²) in [5, 5.41) is 16.7. The first-order valence-electron chi connectivity index (χ1n) is 4.87. The average molecular weight is 305 g/mol. The van der Waals surface area contributed by atoms with Crippen LogP contribution in [0.1, 0.15) is 5.56 Å². The third-order valence-corrected chi connectivity index (χ3v) is 4.21. The molecular formula is C9H9NO7P2. The molecule has 0 spiro atoms. The summed E-state index contributed by atoms with van der Waals surface area (Å²) in [7, 11) is -6.68. The van der Waals surface area contributed by atoms with Gasteiger partial charge < -0.3 is 15.9 Å². The number of nitrogens with two attached hydrogens (primary N) is 1. The van der Waals surface area contributed by atoms with Gasteiger partial charge in [-0.1, -0.05) is 6.07 Å². The summed E-state index contributed by atoms with van der Waals surface area (Å²) in [6, 6.07) is 0.726. The van der Waals surface area contributed by atoms with E-state index in [1.165, 1.54) is 0 Å². The Morgan fingerprint density at radius 2 is 1.68 bits per heavy atom. The molecule has 0 radical (unpaired) electrons. The molecule has 1 aromatic rings. The molecule has 1 rings (SSSR count). The molecule has 1 atom stereocenters. The van der Waals surface area contributed by atoms with Crippen LogP contribution in [0.25, 0.3) is 0 Å². The fourth-order valence-corrected chi connectivity index (χ4v) is 3.24. The lowest BCUT2D eigenvalue weighted by molar-refractivity contribution is -0.138. The second kappa shape index (κ2) is 5.93. The van der Waals surface area contributed by atoms with Crippen LogP contribution in [0.4, 0.5) is 0 Å². The number of hydrogen-bond acceptors (Lipinski definition) is 7. The normalized spacial score (nSPS) is 11.8. The summed E-state index contributed by atoms with van der Waals surface area (Å²) in [5.74, 6) is -2.06. The highest BCUT2D eigenvalue weighted by Gasteiger charge is 2.24. The maximum Gasteiger partial charge on any atom is 0.353 e. The van der Waals surface area contributed by atoms with E-state index in [-0.39, 0.29) is 12.0 Å². The number of aliphatic carboxylic acids is 1. The number of hydrogen-bond donors (Lipinski definition) is 3. The fourth-order valence-electron chi connectivity index (χ4n) is 1.48. The van der Waals surface area contributed by atoms with Gasteiger partial charge >= 0.3 is 21.3 Å². The van der Waals surface area contributed by atoms with E-state index >= 15 is 0 Å². The molecule has 0 aliphatic carbocycles. The molecule has 0 aromatic heterocycles. The molecule has 10 heteroatoms. The molecule has 102 valence electrons. The molecule has 0 aliphatic rings. The van der Waals surface area contributed by atoms with Gasteiger partial charge in [0.25, 0.3) is 0 Å². The number of phenolic OH excluding ortho intramolecular Hbond substituents is 1. The maximum absolute atomic E-state index is 11.1.